The third kappa shape index (κ3) is 3.80. The lowest BCUT2D eigenvalue weighted by Gasteiger charge is -2.15. The first-order valence-electron chi connectivity index (χ1n) is 9.33. The number of furan rings is 1. The molecule has 0 saturated heterocycles. The van der Waals surface area contributed by atoms with Gasteiger partial charge in [0, 0.05) is 30.6 Å². The Balaban J connectivity index is 1.40. The van der Waals surface area contributed by atoms with Crippen molar-refractivity contribution < 1.29 is 19.1 Å². The van der Waals surface area contributed by atoms with E-state index < -0.39 is 6.10 Å². The van der Waals surface area contributed by atoms with Crippen LogP contribution in [0.4, 0.5) is 0 Å². The second-order valence-corrected chi connectivity index (χ2v) is 7.08. The van der Waals surface area contributed by atoms with E-state index in [2.05, 4.69) is 14.9 Å². The van der Waals surface area contributed by atoms with Gasteiger partial charge >= 0.3 is 0 Å². The summed E-state index contributed by atoms with van der Waals surface area (Å²) in [5.74, 6) is 1.26. The number of carbonyl (C=O) groups is 1. The van der Waals surface area contributed by atoms with Gasteiger partial charge in [-0.1, -0.05) is 30.3 Å². The molecule has 1 amide bonds. The highest BCUT2D eigenvalue weighted by molar-refractivity contribution is 5.91. The molecule has 1 fully saturated rings. The zero-order valence-electron chi connectivity index (χ0n) is 15.6. The number of amides is 1. The van der Waals surface area contributed by atoms with Crippen molar-refractivity contribution in [1.29, 1.82) is 0 Å². The zero-order chi connectivity index (χ0) is 19.5. The topological polar surface area (TPSA) is 89.5 Å². The van der Waals surface area contributed by atoms with Crippen molar-refractivity contribution in [3.63, 3.8) is 0 Å². The van der Waals surface area contributed by atoms with E-state index >= 15 is 0 Å². The SMILES string of the molecule is COc1ccc(C(=O)N[C@@H]2CC(Cn3ccnc3-c3ccccc3)C[C@H]2O)o1. The Bertz CT molecular complexity index is 934. The second kappa shape index (κ2) is 7.90. The van der Waals surface area contributed by atoms with Gasteiger partial charge in [0.05, 0.1) is 19.3 Å². The zero-order valence-corrected chi connectivity index (χ0v) is 15.6. The molecule has 3 atom stereocenters. The highest BCUT2D eigenvalue weighted by Gasteiger charge is 2.35. The van der Waals surface area contributed by atoms with E-state index in [1.807, 2.05) is 36.5 Å². The smallest absolute Gasteiger partial charge is 0.287 e. The van der Waals surface area contributed by atoms with E-state index in [4.69, 9.17) is 9.15 Å². The van der Waals surface area contributed by atoms with Gasteiger partial charge in [-0.3, -0.25) is 4.79 Å². The molecule has 3 aromatic rings. The standard InChI is InChI=1S/C21H23N3O4/c1-27-19-8-7-18(28-19)21(26)23-16-11-14(12-17(16)25)13-24-10-9-22-20(24)15-5-3-2-4-6-15/h2-10,14,16-17,25H,11-13H2,1H3,(H,23,26)/t14?,16-,17-/m1/s1. The normalized spacial score (nSPS) is 21.6. The maximum Gasteiger partial charge on any atom is 0.287 e. The lowest BCUT2D eigenvalue weighted by molar-refractivity contribution is 0.0840. The number of imidazole rings is 1. The summed E-state index contributed by atoms with van der Waals surface area (Å²) >= 11 is 0. The number of methoxy groups -OCH3 is 1. The number of ether oxygens (including phenoxy) is 1. The average molecular weight is 381 g/mol. The Kier molecular flexibility index (Phi) is 5.16. The van der Waals surface area contributed by atoms with Gasteiger partial charge in [-0.2, -0.15) is 0 Å². The molecule has 1 unspecified atom stereocenters. The van der Waals surface area contributed by atoms with E-state index in [1.165, 1.54) is 7.11 Å². The summed E-state index contributed by atoms with van der Waals surface area (Å²) in [6.45, 7) is 0.738. The lowest BCUT2D eigenvalue weighted by atomic mass is 10.1. The fourth-order valence-corrected chi connectivity index (χ4v) is 3.80. The molecule has 1 aliphatic rings. The average Bonchev–Trinajstić information content (AvgIpc) is 3.43. The summed E-state index contributed by atoms with van der Waals surface area (Å²) in [4.78, 5) is 16.8. The fourth-order valence-electron chi connectivity index (χ4n) is 3.80. The lowest BCUT2D eigenvalue weighted by Crippen LogP contribution is -2.39. The summed E-state index contributed by atoms with van der Waals surface area (Å²) in [6.07, 6.45) is 4.47. The Morgan fingerprint density at radius 1 is 1.29 bits per heavy atom. The Morgan fingerprint density at radius 3 is 2.86 bits per heavy atom. The number of aliphatic hydroxyl groups is 1. The molecule has 2 aromatic heterocycles. The largest absolute Gasteiger partial charge is 0.468 e. The van der Waals surface area contributed by atoms with Gasteiger partial charge in [-0.15, -0.1) is 0 Å². The van der Waals surface area contributed by atoms with Crippen LogP contribution in [0.3, 0.4) is 0 Å². The summed E-state index contributed by atoms with van der Waals surface area (Å²) in [5.41, 5.74) is 1.06. The van der Waals surface area contributed by atoms with Gasteiger partial charge in [-0.25, -0.2) is 4.98 Å². The van der Waals surface area contributed by atoms with Crippen molar-refractivity contribution in [3.8, 4) is 17.3 Å². The maximum atomic E-state index is 12.4. The van der Waals surface area contributed by atoms with Crippen LogP contribution < -0.4 is 10.1 Å². The minimum atomic E-state index is -0.588. The first-order valence-corrected chi connectivity index (χ1v) is 9.33. The van der Waals surface area contributed by atoms with Crippen LogP contribution in [-0.2, 0) is 6.54 Å². The van der Waals surface area contributed by atoms with Gasteiger partial charge < -0.3 is 24.1 Å². The van der Waals surface area contributed by atoms with Crippen LogP contribution in [0.2, 0.25) is 0 Å². The van der Waals surface area contributed by atoms with E-state index in [9.17, 15) is 9.90 Å². The van der Waals surface area contributed by atoms with Gasteiger partial charge in [0.2, 0.25) is 0 Å². The quantitative estimate of drug-likeness (QED) is 0.685. The molecule has 2 heterocycles. The molecule has 1 saturated carbocycles. The van der Waals surface area contributed by atoms with Crippen LogP contribution in [0.15, 0.2) is 59.3 Å². The third-order valence-electron chi connectivity index (χ3n) is 5.15. The van der Waals surface area contributed by atoms with Crippen molar-refractivity contribution >= 4 is 5.91 Å². The van der Waals surface area contributed by atoms with Crippen LogP contribution in [-0.4, -0.2) is 39.8 Å². The van der Waals surface area contributed by atoms with Gasteiger partial charge in [0.15, 0.2) is 5.76 Å². The van der Waals surface area contributed by atoms with Crippen molar-refractivity contribution in [2.24, 2.45) is 5.92 Å². The van der Waals surface area contributed by atoms with E-state index in [-0.39, 0.29) is 29.6 Å². The molecule has 1 aromatic carbocycles. The molecule has 28 heavy (non-hydrogen) atoms. The number of nitrogens with one attached hydrogen (secondary N) is 1. The number of hydrogen-bond donors (Lipinski definition) is 2. The predicted molar refractivity (Wildman–Crippen MR) is 103 cm³/mol. The number of hydrogen-bond acceptors (Lipinski definition) is 5. The number of carbonyl (C=O) groups excluding carboxylic acids is 1. The summed E-state index contributed by atoms with van der Waals surface area (Å²) in [6, 6.07) is 12.9. The molecule has 7 nitrogen and oxygen atoms in total. The van der Waals surface area contributed by atoms with Crippen molar-refractivity contribution in [3.05, 3.63) is 60.6 Å². The Hall–Kier alpha value is -3.06. The minimum Gasteiger partial charge on any atom is -0.468 e. The maximum absolute atomic E-state index is 12.4. The summed E-state index contributed by atoms with van der Waals surface area (Å²) in [5, 5.41) is 13.3. The highest BCUT2D eigenvalue weighted by atomic mass is 16.6. The number of aromatic nitrogens is 2. The molecule has 7 heteroatoms. The number of nitrogens with zero attached hydrogens (tertiary/aromatic N) is 2. The summed E-state index contributed by atoms with van der Waals surface area (Å²) in [7, 11) is 1.48. The Labute approximate surface area is 163 Å². The van der Waals surface area contributed by atoms with Gasteiger partial charge in [-0.05, 0) is 24.8 Å². The first kappa shape index (κ1) is 18.3. The van der Waals surface area contributed by atoms with Crippen LogP contribution in [0.25, 0.3) is 11.4 Å². The first-order chi connectivity index (χ1) is 13.6. The monoisotopic (exact) mass is 381 g/mol. The second-order valence-electron chi connectivity index (χ2n) is 7.08. The molecule has 2 N–H and O–H groups in total. The van der Waals surface area contributed by atoms with Crippen molar-refractivity contribution in [2.45, 2.75) is 31.5 Å². The molecular weight excluding hydrogens is 358 g/mol. The molecule has 0 radical (unpaired) electrons. The summed E-state index contributed by atoms with van der Waals surface area (Å²) < 4.78 is 12.3. The van der Waals surface area contributed by atoms with E-state index in [0.717, 1.165) is 17.9 Å². The van der Waals surface area contributed by atoms with Gasteiger partial charge in [0.25, 0.3) is 11.9 Å². The van der Waals surface area contributed by atoms with Crippen LogP contribution in [0.1, 0.15) is 23.4 Å². The van der Waals surface area contributed by atoms with Crippen LogP contribution >= 0.6 is 0 Å². The molecule has 4 rings (SSSR count). The number of rotatable bonds is 6. The minimum absolute atomic E-state index is 0.175. The molecular formula is C21H23N3O4. The highest BCUT2D eigenvalue weighted by Crippen LogP contribution is 2.29. The molecule has 1 aliphatic carbocycles. The predicted octanol–water partition coefficient (Wildman–Crippen LogP) is 2.72. The number of aliphatic hydroxyl groups excluding tert-OH is 1. The molecule has 0 aliphatic heterocycles. The third-order valence-corrected chi connectivity index (χ3v) is 5.15. The van der Waals surface area contributed by atoms with E-state index in [0.29, 0.717) is 12.8 Å². The fraction of sp³-hybridized carbons (Fsp3) is 0.333. The van der Waals surface area contributed by atoms with Gasteiger partial charge in [0.1, 0.15) is 5.82 Å². The van der Waals surface area contributed by atoms with Crippen molar-refractivity contribution in [1.82, 2.24) is 14.9 Å². The van der Waals surface area contributed by atoms with E-state index in [1.54, 1.807) is 18.3 Å². The van der Waals surface area contributed by atoms with Crippen molar-refractivity contribution in [2.75, 3.05) is 7.11 Å². The van der Waals surface area contributed by atoms with Crippen LogP contribution in [0.5, 0.6) is 5.95 Å². The Morgan fingerprint density at radius 2 is 2.11 bits per heavy atom. The molecule has 0 spiro atoms. The van der Waals surface area contributed by atoms with Crippen LogP contribution in [0, 0.1) is 5.92 Å². The molecule has 146 valence electrons. The molecule has 0 bridgehead atoms. The number of benzene rings is 1.